The number of aromatic nitrogens is 2. The third-order valence-electron chi connectivity index (χ3n) is 10.2. The normalized spacial score (nSPS) is 14.2. The smallest absolute Gasteiger partial charge is 0.419 e. The van der Waals surface area contributed by atoms with Crippen LogP contribution < -0.4 is 10.2 Å². The van der Waals surface area contributed by atoms with Gasteiger partial charge in [0.05, 0.1) is 17.3 Å². The van der Waals surface area contributed by atoms with Crippen molar-refractivity contribution in [2.45, 2.75) is 131 Å². The number of para-hydroxylation sites is 1. The summed E-state index contributed by atoms with van der Waals surface area (Å²) in [4.78, 5) is 46.0. The molecule has 2 heterocycles. The molecule has 1 N–H and O–H groups in total. The van der Waals surface area contributed by atoms with Crippen LogP contribution in [0.1, 0.15) is 115 Å². The zero-order valence-electron chi connectivity index (χ0n) is 34.4. The number of nitrogens with one attached hydrogen (secondary N) is 1. The summed E-state index contributed by atoms with van der Waals surface area (Å²) in [5, 5.41) is 4.36. The van der Waals surface area contributed by atoms with Crippen molar-refractivity contribution < 1.29 is 28.3 Å². The van der Waals surface area contributed by atoms with Crippen LogP contribution in [-0.4, -0.2) is 53.6 Å². The average Bonchev–Trinajstić information content (AvgIpc) is 3.61. The molecule has 0 saturated carbocycles. The maximum atomic E-state index is 13.9. The van der Waals surface area contributed by atoms with Gasteiger partial charge in [-0.25, -0.2) is 9.59 Å². The van der Waals surface area contributed by atoms with Crippen LogP contribution in [0.4, 0.5) is 26.7 Å². The molecule has 2 aromatic heterocycles. The first-order valence-electron chi connectivity index (χ1n) is 18.9. The number of aryl methyl sites for hydroxylation is 1. The molecular formula is C43H58N4O6Si. The third-order valence-corrected chi connectivity index (χ3v) is 14.7. The van der Waals surface area contributed by atoms with E-state index in [0.717, 1.165) is 44.5 Å². The largest absolute Gasteiger partial charge is 0.443 e. The topological polar surface area (TPSA) is 112 Å². The maximum absolute atomic E-state index is 13.9. The van der Waals surface area contributed by atoms with E-state index in [0.29, 0.717) is 30.6 Å². The number of ether oxygens (including phenoxy) is 2. The molecule has 1 unspecified atom stereocenters. The Kier molecular flexibility index (Phi) is 11.3. The minimum atomic E-state index is -2.16. The van der Waals surface area contributed by atoms with Gasteiger partial charge in [-0.15, -0.1) is 0 Å². The van der Waals surface area contributed by atoms with Gasteiger partial charge in [0.2, 0.25) is 0 Å². The summed E-state index contributed by atoms with van der Waals surface area (Å²) in [6.07, 6.45) is 3.83. The van der Waals surface area contributed by atoms with E-state index >= 15 is 0 Å². The molecule has 0 spiro atoms. The Labute approximate surface area is 321 Å². The number of hydrogen-bond donors (Lipinski definition) is 1. The second-order valence-corrected chi connectivity index (χ2v) is 22.6. The van der Waals surface area contributed by atoms with Gasteiger partial charge in [0, 0.05) is 53.2 Å². The predicted octanol–water partition coefficient (Wildman–Crippen LogP) is 11.1. The summed E-state index contributed by atoms with van der Waals surface area (Å²) in [5.41, 5.74) is 5.83. The van der Waals surface area contributed by atoms with Crippen molar-refractivity contribution in [1.82, 2.24) is 9.55 Å². The standard InChI is InChI=1S/C43H58N4O6Si/c1-27-25-30(45-34-21-23-44-37-33(34)18-20-36(37)48)17-19-35(27)46(39(49)51-41(3,4)5)24-22-29-26-47(40(50)52-42(6,7)8)38-31(15-14-16-32(29)38)28(2)53-54(12,13)43(9,10)11/h14-17,19,21,23,25-26,28H,18,20,22,24H2,1-13H3,(H,44,45). The van der Waals surface area contributed by atoms with Crippen LogP contribution in [0.2, 0.25) is 18.1 Å². The van der Waals surface area contributed by atoms with Crippen molar-refractivity contribution in [2.24, 2.45) is 0 Å². The number of rotatable bonds is 9. The Morgan fingerprint density at radius 3 is 2.28 bits per heavy atom. The Morgan fingerprint density at radius 2 is 1.65 bits per heavy atom. The Balaban J connectivity index is 1.51. The van der Waals surface area contributed by atoms with Gasteiger partial charge in [0.1, 0.15) is 16.9 Å². The van der Waals surface area contributed by atoms with Gasteiger partial charge in [0.15, 0.2) is 14.1 Å². The van der Waals surface area contributed by atoms with E-state index in [-0.39, 0.29) is 23.5 Å². The van der Waals surface area contributed by atoms with Gasteiger partial charge >= 0.3 is 12.2 Å². The molecule has 0 saturated heterocycles. The summed E-state index contributed by atoms with van der Waals surface area (Å²) in [6, 6.07) is 13.7. The van der Waals surface area contributed by atoms with Crippen molar-refractivity contribution in [3.05, 3.63) is 82.8 Å². The Hall–Kier alpha value is -4.48. The molecule has 1 aliphatic rings. The molecule has 1 amide bonds. The second-order valence-electron chi connectivity index (χ2n) is 17.9. The lowest BCUT2D eigenvalue weighted by molar-refractivity contribution is 0.0539. The quantitative estimate of drug-likeness (QED) is 0.168. The summed E-state index contributed by atoms with van der Waals surface area (Å²) in [6.45, 7) is 26.5. The predicted molar refractivity (Wildman–Crippen MR) is 219 cm³/mol. The number of hydrogen-bond acceptors (Lipinski definition) is 8. The zero-order valence-corrected chi connectivity index (χ0v) is 35.4. The van der Waals surface area contributed by atoms with Gasteiger partial charge in [-0.1, -0.05) is 39.0 Å². The Morgan fingerprint density at radius 1 is 0.963 bits per heavy atom. The first-order valence-corrected chi connectivity index (χ1v) is 21.8. The van der Waals surface area contributed by atoms with Crippen molar-refractivity contribution in [3.63, 3.8) is 0 Å². The average molecular weight is 755 g/mol. The number of carbonyl (C=O) groups is 3. The minimum Gasteiger partial charge on any atom is -0.443 e. The second kappa shape index (κ2) is 15.0. The molecule has 1 aliphatic carbocycles. The lowest BCUT2D eigenvalue weighted by Crippen LogP contribution is -2.41. The minimum absolute atomic E-state index is 0.00443. The number of fused-ring (bicyclic) bond motifs is 2. The summed E-state index contributed by atoms with van der Waals surface area (Å²) in [7, 11) is -2.16. The van der Waals surface area contributed by atoms with E-state index in [2.05, 4.69) is 51.1 Å². The van der Waals surface area contributed by atoms with E-state index in [1.165, 1.54) is 0 Å². The lowest BCUT2D eigenvalue weighted by Gasteiger charge is -2.38. The van der Waals surface area contributed by atoms with Crippen LogP contribution >= 0.6 is 0 Å². The van der Waals surface area contributed by atoms with E-state index < -0.39 is 31.7 Å². The molecule has 0 aliphatic heterocycles. The number of pyridine rings is 1. The number of Topliss-reactive ketones (excluding diaryl/α,β-unsaturated/α-hetero) is 1. The van der Waals surface area contributed by atoms with Crippen LogP contribution in [0.5, 0.6) is 0 Å². The number of ketones is 1. The van der Waals surface area contributed by atoms with E-state index in [1.54, 1.807) is 15.7 Å². The molecule has 5 rings (SSSR count). The van der Waals surface area contributed by atoms with Crippen LogP contribution in [-0.2, 0) is 26.7 Å². The van der Waals surface area contributed by atoms with E-state index in [1.807, 2.05) is 97.1 Å². The molecule has 11 heteroatoms. The SMILES string of the molecule is Cc1cc(Nc2ccnc3c2CCC3=O)ccc1N(CCc1cn(C(=O)OC(C)(C)C)c2c(C(C)O[Si](C)(C)C(C)(C)C)cccc12)C(=O)OC(C)(C)C. The maximum Gasteiger partial charge on any atom is 0.419 e. The lowest BCUT2D eigenvalue weighted by atomic mass is 10.0. The number of anilines is 3. The fourth-order valence-electron chi connectivity index (χ4n) is 6.55. The highest BCUT2D eigenvalue weighted by atomic mass is 28.4. The summed E-state index contributed by atoms with van der Waals surface area (Å²) in [5.74, 6) is 0.0626. The molecule has 0 bridgehead atoms. The van der Waals surface area contributed by atoms with Gasteiger partial charge < -0.3 is 19.2 Å². The highest BCUT2D eigenvalue weighted by Crippen LogP contribution is 2.41. The van der Waals surface area contributed by atoms with Crippen LogP contribution in [0, 0.1) is 6.92 Å². The van der Waals surface area contributed by atoms with Crippen molar-refractivity contribution in [1.29, 1.82) is 0 Å². The molecule has 0 radical (unpaired) electrons. The number of carbonyl (C=O) groups excluding carboxylic acids is 3. The van der Waals surface area contributed by atoms with Gasteiger partial charge in [0.25, 0.3) is 0 Å². The van der Waals surface area contributed by atoms with Gasteiger partial charge in [-0.3, -0.25) is 19.2 Å². The molecule has 10 nitrogen and oxygen atoms in total. The molecule has 2 aromatic carbocycles. The van der Waals surface area contributed by atoms with Gasteiger partial charge in [-0.2, -0.15) is 0 Å². The molecule has 4 aromatic rings. The van der Waals surface area contributed by atoms with E-state index in [9.17, 15) is 14.4 Å². The van der Waals surface area contributed by atoms with Crippen LogP contribution in [0.25, 0.3) is 10.9 Å². The number of amides is 1. The van der Waals surface area contributed by atoms with Crippen molar-refractivity contribution in [3.8, 4) is 0 Å². The third kappa shape index (κ3) is 9.06. The first-order chi connectivity index (χ1) is 25.0. The number of benzene rings is 2. The number of nitrogens with zero attached hydrogens (tertiary/aromatic N) is 3. The molecule has 0 fully saturated rings. The Bertz CT molecular complexity index is 2060. The van der Waals surface area contributed by atoms with Crippen LogP contribution in [0.15, 0.2) is 54.9 Å². The summed E-state index contributed by atoms with van der Waals surface area (Å²) >= 11 is 0. The molecule has 54 heavy (non-hydrogen) atoms. The van der Waals surface area contributed by atoms with Crippen molar-refractivity contribution in [2.75, 3.05) is 16.8 Å². The monoisotopic (exact) mass is 754 g/mol. The zero-order chi connectivity index (χ0) is 40.0. The van der Waals surface area contributed by atoms with Crippen molar-refractivity contribution >= 4 is 54.3 Å². The first kappa shape index (κ1) is 40.7. The molecule has 290 valence electrons. The summed E-state index contributed by atoms with van der Waals surface area (Å²) < 4.78 is 20.3. The fourth-order valence-corrected chi connectivity index (χ4v) is 7.92. The fraction of sp³-hybridized carbons (Fsp3) is 0.488. The highest BCUT2D eigenvalue weighted by molar-refractivity contribution is 6.74. The van der Waals surface area contributed by atoms with Crippen LogP contribution in [0.3, 0.4) is 0 Å². The molecule has 1 atom stereocenters. The highest BCUT2D eigenvalue weighted by Gasteiger charge is 2.39. The van der Waals surface area contributed by atoms with E-state index in [4.69, 9.17) is 13.9 Å². The van der Waals surface area contributed by atoms with Gasteiger partial charge in [-0.05, 0) is 122 Å². The molecular weight excluding hydrogens is 697 g/mol.